The summed E-state index contributed by atoms with van der Waals surface area (Å²) < 4.78 is 12.5. The largest absolute Gasteiger partial charge is 0.352 e. The number of rotatable bonds is 4. The smallest absolute Gasteiger partial charge is 0.160 e. The van der Waals surface area contributed by atoms with Gasteiger partial charge in [-0.1, -0.05) is 56.0 Å². The van der Waals surface area contributed by atoms with E-state index < -0.39 is 0 Å². The molecule has 2 aliphatic carbocycles. The lowest BCUT2D eigenvalue weighted by Crippen LogP contribution is -2.41. The zero-order valence-electron chi connectivity index (χ0n) is 17.4. The molecule has 150 valence electrons. The van der Waals surface area contributed by atoms with Crippen molar-refractivity contribution in [2.24, 2.45) is 23.7 Å². The van der Waals surface area contributed by atoms with Gasteiger partial charge in [-0.2, -0.15) is 0 Å². The van der Waals surface area contributed by atoms with Crippen LogP contribution in [-0.4, -0.2) is 19.5 Å². The monoisotopic (exact) mass is 370 g/mol. The fraction of sp³-hybridized carbons (Fsp3) is 0.760. The van der Waals surface area contributed by atoms with Crippen molar-refractivity contribution in [1.29, 1.82) is 0 Å². The molecule has 2 saturated carbocycles. The van der Waals surface area contributed by atoms with Crippen LogP contribution in [0.2, 0.25) is 0 Å². The average Bonchev–Trinajstić information content (AvgIpc) is 2.75. The summed E-state index contributed by atoms with van der Waals surface area (Å²) in [5.41, 5.74) is 2.88. The van der Waals surface area contributed by atoms with Gasteiger partial charge in [0.05, 0.1) is 13.2 Å². The highest BCUT2D eigenvalue weighted by Gasteiger charge is 2.36. The zero-order chi connectivity index (χ0) is 18.6. The maximum Gasteiger partial charge on any atom is 0.160 e. The third kappa shape index (κ3) is 4.77. The maximum atomic E-state index is 6.27. The zero-order valence-corrected chi connectivity index (χ0v) is 17.4. The molecule has 1 heterocycles. The summed E-state index contributed by atoms with van der Waals surface area (Å²) in [6, 6.07) is 9.16. The van der Waals surface area contributed by atoms with E-state index in [0.29, 0.717) is 11.8 Å². The summed E-state index contributed by atoms with van der Waals surface area (Å²) in [5.74, 6) is 3.78. The van der Waals surface area contributed by atoms with Gasteiger partial charge in [0.2, 0.25) is 0 Å². The molecule has 1 aromatic rings. The first-order valence-corrected chi connectivity index (χ1v) is 11.5. The maximum absolute atomic E-state index is 6.27. The van der Waals surface area contributed by atoms with E-state index >= 15 is 0 Å². The molecule has 3 fully saturated rings. The van der Waals surface area contributed by atoms with Gasteiger partial charge in [-0.05, 0) is 68.8 Å². The Bertz CT molecular complexity index is 556. The number of benzene rings is 1. The highest BCUT2D eigenvalue weighted by atomic mass is 16.7. The molecule has 2 heteroatoms. The molecule has 1 saturated heterocycles. The van der Waals surface area contributed by atoms with Crippen molar-refractivity contribution >= 4 is 0 Å². The summed E-state index contributed by atoms with van der Waals surface area (Å²) in [7, 11) is 0. The molecule has 0 spiro atoms. The van der Waals surface area contributed by atoms with Gasteiger partial charge in [0.25, 0.3) is 0 Å². The highest BCUT2D eigenvalue weighted by Crippen LogP contribution is 2.41. The third-order valence-electron chi connectivity index (χ3n) is 7.79. The summed E-state index contributed by atoms with van der Waals surface area (Å²) >= 11 is 0. The van der Waals surface area contributed by atoms with Gasteiger partial charge in [-0.3, -0.25) is 0 Å². The first kappa shape index (κ1) is 19.5. The second-order valence-corrected chi connectivity index (χ2v) is 9.51. The third-order valence-corrected chi connectivity index (χ3v) is 7.79. The Hall–Kier alpha value is -0.860. The molecule has 27 heavy (non-hydrogen) atoms. The minimum Gasteiger partial charge on any atom is -0.352 e. The molecule has 2 nitrogen and oxygen atoms in total. The number of aryl methyl sites for hydroxylation is 1. The number of ether oxygens (including phenoxy) is 2. The minimum atomic E-state index is 0.0622. The molecule has 0 N–H and O–H groups in total. The van der Waals surface area contributed by atoms with Crippen molar-refractivity contribution in [3.8, 4) is 0 Å². The molecule has 4 rings (SSSR count). The van der Waals surface area contributed by atoms with Crippen LogP contribution in [0, 0.1) is 30.6 Å². The van der Waals surface area contributed by atoms with Crippen molar-refractivity contribution in [3.63, 3.8) is 0 Å². The van der Waals surface area contributed by atoms with Gasteiger partial charge in [0.1, 0.15) is 0 Å². The van der Waals surface area contributed by atoms with Gasteiger partial charge in [-0.25, -0.2) is 0 Å². The van der Waals surface area contributed by atoms with Crippen molar-refractivity contribution < 1.29 is 9.47 Å². The van der Waals surface area contributed by atoms with Crippen molar-refractivity contribution in [2.45, 2.75) is 83.8 Å². The molecule has 0 unspecified atom stereocenters. The average molecular weight is 371 g/mol. The van der Waals surface area contributed by atoms with Crippen LogP contribution >= 0.6 is 0 Å². The van der Waals surface area contributed by atoms with E-state index in [1.165, 1.54) is 68.9 Å². The molecule has 0 radical (unpaired) electrons. The molecular weight excluding hydrogens is 332 g/mol. The van der Waals surface area contributed by atoms with E-state index in [1.54, 1.807) is 0 Å². The van der Waals surface area contributed by atoms with Crippen LogP contribution in [0.15, 0.2) is 24.3 Å². The number of hydrogen-bond acceptors (Lipinski definition) is 2. The van der Waals surface area contributed by atoms with E-state index in [0.717, 1.165) is 31.0 Å². The Balaban J connectivity index is 1.21. The molecule has 0 amide bonds. The van der Waals surface area contributed by atoms with E-state index in [4.69, 9.17) is 9.47 Å². The summed E-state index contributed by atoms with van der Waals surface area (Å²) in [4.78, 5) is 0. The summed E-state index contributed by atoms with van der Waals surface area (Å²) in [5, 5.41) is 0. The van der Waals surface area contributed by atoms with Crippen LogP contribution in [0.5, 0.6) is 0 Å². The van der Waals surface area contributed by atoms with E-state index in [1.807, 2.05) is 0 Å². The van der Waals surface area contributed by atoms with Crippen LogP contribution in [0.25, 0.3) is 0 Å². The Morgan fingerprint density at radius 1 is 0.741 bits per heavy atom. The second-order valence-electron chi connectivity index (χ2n) is 9.51. The van der Waals surface area contributed by atoms with Crippen molar-refractivity contribution in [3.05, 3.63) is 35.4 Å². The molecule has 1 aliphatic heterocycles. The predicted molar refractivity (Wildman–Crippen MR) is 111 cm³/mol. The second kappa shape index (κ2) is 9.09. The van der Waals surface area contributed by atoms with Crippen molar-refractivity contribution in [1.82, 2.24) is 0 Å². The van der Waals surface area contributed by atoms with Gasteiger partial charge < -0.3 is 9.47 Å². The van der Waals surface area contributed by atoms with Crippen LogP contribution < -0.4 is 0 Å². The normalized spacial score (nSPS) is 37.9. The van der Waals surface area contributed by atoms with Crippen LogP contribution in [0.3, 0.4) is 0 Å². The topological polar surface area (TPSA) is 18.5 Å². The van der Waals surface area contributed by atoms with Gasteiger partial charge in [0.15, 0.2) is 6.29 Å². The Morgan fingerprint density at radius 2 is 1.33 bits per heavy atom. The fourth-order valence-electron chi connectivity index (χ4n) is 5.71. The SMILES string of the molecule is CCC1CCC(C2COC(C3CCC(c4ccc(C)cc4)CC3)OC2)CC1. The van der Waals surface area contributed by atoms with Gasteiger partial charge in [-0.15, -0.1) is 0 Å². The summed E-state index contributed by atoms with van der Waals surface area (Å²) in [6.45, 7) is 6.38. The molecular formula is C25H38O2. The van der Waals surface area contributed by atoms with Gasteiger partial charge in [0, 0.05) is 11.8 Å². The highest BCUT2D eigenvalue weighted by molar-refractivity contribution is 5.24. The Labute approximate surface area is 166 Å². The number of hydrogen-bond donors (Lipinski definition) is 0. The first-order valence-electron chi connectivity index (χ1n) is 11.5. The molecule has 0 atom stereocenters. The lowest BCUT2D eigenvalue weighted by atomic mass is 9.75. The first-order chi connectivity index (χ1) is 13.2. The lowest BCUT2D eigenvalue weighted by Gasteiger charge is -2.41. The Kier molecular flexibility index (Phi) is 6.55. The van der Waals surface area contributed by atoms with E-state index in [9.17, 15) is 0 Å². The quantitative estimate of drug-likeness (QED) is 0.604. The van der Waals surface area contributed by atoms with E-state index in [2.05, 4.69) is 38.1 Å². The molecule has 3 aliphatic rings. The van der Waals surface area contributed by atoms with Gasteiger partial charge >= 0.3 is 0 Å². The Morgan fingerprint density at radius 3 is 1.93 bits per heavy atom. The summed E-state index contributed by atoms with van der Waals surface area (Å²) in [6.07, 6.45) is 12.1. The van der Waals surface area contributed by atoms with Crippen LogP contribution in [-0.2, 0) is 9.47 Å². The van der Waals surface area contributed by atoms with Crippen LogP contribution in [0.1, 0.15) is 81.8 Å². The predicted octanol–water partition coefficient (Wildman–Crippen LogP) is 6.47. The lowest BCUT2D eigenvalue weighted by molar-refractivity contribution is -0.236. The van der Waals surface area contributed by atoms with E-state index in [-0.39, 0.29) is 6.29 Å². The fourth-order valence-corrected chi connectivity index (χ4v) is 5.71. The molecule has 0 aromatic heterocycles. The van der Waals surface area contributed by atoms with Crippen molar-refractivity contribution in [2.75, 3.05) is 13.2 Å². The molecule has 0 bridgehead atoms. The minimum absolute atomic E-state index is 0.0622. The standard InChI is InChI=1S/C25H38O2/c1-3-19-6-10-22(11-7-19)24-16-26-25(27-17-24)23-14-12-21(13-15-23)20-8-4-18(2)5-9-20/h4-5,8-9,19,21-25H,3,6-7,10-17H2,1-2H3. The van der Waals surface area contributed by atoms with Crippen LogP contribution in [0.4, 0.5) is 0 Å². The molecule has 1 aromatic carbocycles.